The largest absolute Gasteiger partial charge is 0.454 e. The van der Waals surface area contributed by atoms with Crippen molar-refractivity contribution in [2.75, 3.05) is 33.0 Å². The molecule has 27 heavy (non-hydrogen) atoms. The number of amides is 1. The molecule has 0 aliphatic carbocycles. The van der Waals surface area contributed by atoms with Crippen molar-refractivity contribution in [2.24, 2.45) is 0 Å². The summed E-state index contributed by atoms with van der Waals surface area (Å²) in [6.07, 6.45) is 1.21. The van der Waals surface area contributed by atoms with Gasteiger partial charge in [0.2, 0.25) is 12.7 Å². The fraction of sp³-hybridized carbons (Fsp3) is 0.500. The van der Waals surface area contributed by atoms with Crippen LogP contribution in [-0.2, 0) is 17.8 Å². The van der Waals surface area contributed by atoms with E-state index in [9.17, 15) is 4.79 Å². The molecule has 0 atom stereocenters. The van der Waals surface area contributed by atoms with Crippen molar-refractivity contribution in [2.45, 2.75) is 33.2 Å². The minimum Gasteiger partial charge on any atom is -0.454 e. The van der Waals surface area contributed by atoms with Gasteiger partial charge in [-0.05, 0) is 38.5 Å². The smallest absolute Gasteiger partial charge is 0.231 e. The Labute approximate surface area is 158 Å². The van der Waals surface area contributed by atoms with Crippen LogP contribution in [0.1, 0.15) is 29.0 Å². The van der Waals surface area contributed by atoms with Crippen LogP contribution in [0.4, 0.5) is 0 Å². The molecule has 2 aliphatic heterocycles. The second-order valence-corrected chi connectivity index (χ2v) is 7.30. The van der Waals surface area contributed by atoms with E-state index in [-0.39, 0.29) is 5.91 Å². The number of carbonyl (C=O) groups is 1. The number of benzene rings is 1. The predicted molar refractivity (Wildman–Crippen MR) is 97.8 cm³/mol. The number of hydrogen-bond acceptors (Lipinski definition) is 5. The molecule has 1 amide bonds. The Bertz CT molecular complexity index is 805. The number of aryl methyl sites for hydroxylation is 2. The number of nitrogens with one attached hydrogen (secondary N) is 1. The third kappa shape index (κ3) is 3.93. The summed E-state index contributed by atoms with van der Waals surface area (Å²) in [6, 6.07) is 6.14. The van der Waals surface area contributed by atoms with E-state index in [1.165, 1.54) is 10.5 Å². The first-order chi connectivity index (χ1) is 13.1. The summed E-state index contributed by atoms with van der Waals surface area (Å²) >= 11 is 0. The van der Waals surface area contributed by atoms with E-state index in [1.54, 1.807) is 0 Å². The van der Waals surface area contributed by atoms with E-state index >= 15 is 0 Å². The number of carbonyl (C=O) groups excluding carboxylic acids is 1. The second-order valence-electron chi connectivity index (χ2n) is 7.30. The Morgan fingerprint density at radius 1 is 1.19 bits per heavy atom. The molecule has 1 saturated heterocycles. The standard InChI is InChI=1S/C20H25N3O4/c1-14-17(15(2)27-21-14)4-6-20(24)23-9-7-22(8-10-23)12-16-3-5-18-19(11-16)26-13-25-18/h3,5,11H,4,6-10,12-13H2,1-2H3/p+1. The molecule has 2 aromatic rings. The number of quaternary nitrogens is 1. The van der Waals surface area contributed by atoms with Crippen LogP contribution < -0.4 is 14.4 Å². The average molecular weight is 372 g/mol. The summed E-state index contributed by atoms with van der Waals surface area (Å²) in [6.45, 7) is 8.61. The molecular formula is C20H26N3O4+. The van der Waals surface area contributed by atoms with Crippen molar-refractivity contribution in [3.05, 3.63) is 40.8 Å². The first-order valence-electron chi connectivity index (χ1n) is 9.52. The molecule has 3 heterocycles. The first kappa shape index (κ1) is 17.9. The summed E-state index contributed by atoms with van der Waals surface area (Å²) in [4.78, 5) is 16.0. The van der Waals surface area contributed by atoms with Gasteiger partial charge in [-0.15, -0.1) is 0 Å². The lowest BCUT2D eigenvalue weighted by molar-refractivity contribution is -0.917. The van der Waals surface area contributed by atoms with Gasteiger partial charge in [0, 0.05) is 17.5 Å². The van der Waals surface area contributed by atoms with Crippen LogP contribution in [-0.4, -0.2) is 48.9 Å². The minimum atomic E-state index is 0.220. The average Bonchev–Trinajstić information content (AvgIpc) is 3.26. The maximum absolute atomic E-state index is 12.5. The molecule has 0 bridgehead atoms. The Hall–Kier alpha value is -2.54. The highest BCUT2D eigenvalue weighted by atomic mass is 16.7. The van der Waals surface area contributed by atoms with Crippen molar-refractivity contribution in [3.63, 3.8) is 0 Å². The monoisotopic (exact) mass is 372 g/mol. The fourth-order valence-electron chi connectivity index (χ4n) is 3.84. The Kier molecular flexibility index (Phi) is 5.03. The molecule has 4 rings (SSSR count). The van der Waals surface area contributed by atoms with Crippen molar-refractivity contribution in [1.82, 2.24) is 10.1 Å². The van der Waals surface area contributed by atoms with E-state index < -0.39 is 0 Å². The minimum absolute atomic E-state index is 0.220. The number of rotatable bonds is 5. The molecule has 0 saturated carbocycles. The van der Waals surface area contributed by atoms with Gasteiger partial charge in [-0.1, -0.05) is 5.16 Å². The van der Waals surface area contributed by atoms with Crippen LogP contribution >= 0.6 is 0 Å². The molecule has 1 aromatic carbocycles. The van der Waals surface area contributed by atoms with E-state index in [2.05, 4.69) is 17.3 Å². The molecule has 7 heteroatoms. The molecule has 7 nitrogen and oxygen atoms in total. The summed E-state index contributed by atoms with van der Waals surface area (Å²) < 4.78 is 16.0. The summed E-state index contributed by atoms with van der Waals surface area (Å²) in [7, 11) is 0. The van der Waals surface area contributed by atoms with Crippen LogP contribution in [0.3, 0.4) is 0 Å². The zero-order valence-electron chi connectivity index (χ0n) is 15.9. The third-order valence-corrected chi connectivity index (χ3v) is 5.48. The fourth-order valence-corrected chi connectivity index (χ4v) is 3.84. The molecule has 1 aromatic heterocycles. The molecule has 0 unspecified atom stereocenters. The van der Waals surface area contributed by atoms with Gasteiger partial charge < -0.3 is 23.8 Å². The lowest BCUT2D eigenvalue weighted by atomic mass is 10.1. The van der Waals surface area contributed by atoms with Crippen LogP contribution in [0.25, 0.3) is 0 Å². The zero-order chi connectivity index (χ0) is 18.8. The Morgan fingerprint density at radius 3 is 2.70 bits per heavy atom. The number of aromatic nitrogens is 1. The van der Waals surface area contributed by atoms with Gasteiger partial charge in [-0.2, -0.15) is 0 Å². The molecule has 144 valence electrons. The second kappa shape index (κ2) is 7.60. The van der Waals surface area contributed by atoms with Gasteiger partial charge in [-0.25, -0.2) is 0 Å². The van der Waals surface area contributed by atoms with E-state index in [4.69, 9.17) is 14.0 Å². The number of ether oxygens (including phenoxy) is 2. The van der Waals surface area contributed by atoms with Crippen molar-refractivity contribution in [3.8, 4) is 11.5 Å². The topological polar surface area (TPSA) is 69.2 Å². The molecule has 0 spiro atoms. The Balaban J connectivity index is 1.25. The quantitative estimate of drug-likeness (QED) is 0.844. The summed E-state index contributed by atoms with van der Waals surface area (Å²) in [5.74, 6) is 2.69. The van der Waals surface area contributed by atoms with Crippen LogP contribution in [0.5, 0.6) is 11.5 Å². The van der Waals surface area contributed by atoms with E-state index in [0.717, 1.165) is 61.2 Å². The van der Waals surface area contributed by atoms with Crippen LogP contribution in [0.2, 0.25) is 0 Å². The van der Waals surface area contributed by atoms with Crippen LogP contribution in [0, 0.1) is 13.8 Å². The number of piperazine rings is 1. The summed E-state index contributed by atoms with van der Waals surface area (Å²) in [5, 5.41) is 3.96. The van der Waals surface area contributed by atoms with Gasteiger partial charge in [0.1, 0.15) is 12.3 Å². The maximum atomic E-state index is 12.5. The highest BCUT2D eigenvalue weighted by Gasteiger charge is 2.25. The van der Waals surface area contributed by atoms with Gasteiger partial charge in [0.05, 0.1) is 31.9 Å². The van der Waals surface area contributed by atoms with Gasteiger partial charge in [0.15, 0.2) is 11.5 Å². The molecule has 1 N–H and O–H groups in total. The molecule has 0 radical (unpaired) electrons. The SMILES string of the molecule is Cc1noc(C)c1CCC(=O)N1CC[NH+](Cc2ccc3c(c2)OCO3)CC1. The normalized spacial score (nSPS) is 16.7. The van der Waals surface area contributed by atoms with E-state index in [0.29, 0.717) is 19.6 Å². The highest BCUT2D eigenvalue weighted by molar-refractivity contribution is 5.76. The van der Waals surface area contributed by atoms with Crippen molar-refractivity contribution < 1.29 is 23.7 Å². The number of hydrogen-bond donors (Lipinski definition) is 1. The number of fused-ring (bicyclic) bond motifs is 1. The van der Waals surface area contributed by atoms with E-state index in [1.807, 2.05) is 24.8 Å². The van der Waals surface area contributed by atoms with Gasteiger partial charge in [0.25, 0.3) is 0 Å². The molecule has 2 aliphatic rings. The zero-order valence-corrected chi connectivity index (χ0v) is 15.9. The first-order valence-corrected chi connectivity index (χ1v) is 9.52. The predicted octanol–water partition coefficient (Wildman–Crippen LogP) is 0.880. The summed E-state index contributed by atoms with van der Waals surface area (Å²) in [5.41, 5.74) is 3.20. The lowest BCUT2D eigenvalue weighted by Gasteiger charge is -2.32. The lowest BCUT2D eigenvalue weighted by Crippen LogP contribution is -3.13. The Morgan fingerprint density at radius 2 is 1.96 bits per heavy atom. The molecule has 1 fully saturated rings. The van der Waals surface area contributed by atoms with Crippen molar-refractivity contribution in [1.29, 1.82) is 0 Å². The van der Waals surface area contributed by atoms with Gasteiger partial charge >= 0.3 is 0 Å². The molecular weight excluding hydrogens is 346 g/mol. The third-order valence-electron chi connectivity index (χ3n) is 5.48. The van der Waals surface area contributed by atoms with Gasteiger partial charge in [-0.3, -0.25) is 4.79 Å². The number of nitrogens with zero attached hydrogens (tertiary/aromatic N) is 2. The van der Waals surface area contributed by atoms with Crippen LogP contribution in [0.15, 0.2) is 22.7 Å². The maximum Gasteiger partial charge on any atom is 0.231 e. The highest BCUT2D eigenvalue weighted by Crippen LogP contribution is 2.32. The van der Waals surface area contributed by atoms with Crippen molar-refractivity contribution >= 4 is 5.91 Å².